The molecule has 1 saturated heterocycles. The van der Waals surface area contributed by atoms with E-state index in [1.807, 2.05) is 47.4 Å². The van der Waals surface area contributed by atoms with Crippen LogP contribution < -0.4 is 4.72 Å². The Morgan fingerprint density at radius 3 is 2.60 bits per heavy atom. The third-order valence-corrected chi connectivity index (χ3v) is 6.77. The highest BCUT2D eigenvalue weighted by Gasteiger charge is 2.25. The molecular weight excluding hydrogens is 400 g/mol. The van der Waals surface area contributed by atoms with Crippen LogP contribution in [0.1, 0.15) is 37.2 Å². The van der Waals surface area contributed by atoms with Crippen LogP contribution in [0.2, 0.25) is 0 Å². The molecule has 0 unspecified atom stereocenters. The molecule has 160 valence electrons. The van der Waals surface area contributed by atoms with Crippen LogP contribution in [0, 0.1) is 0 Å². The molecule has 1 aromatic carbocycles. The summed E-state index contributed by atoms with van der Waals surface area (Å²) in [5, 5.41) is 4.41. The van der Waals surface area contributed by atoms with Crippen LogP contribution in [0.4, 0.5) is 5.82 Å². The second-order valence-electron chi connectivity index (χ2n) is 7.64. The minimum Gasteiger partial charge on any atom is -0.334 e. The summed E-state index contributed by atoms with van der Waals surface area (Å²) >= 11 is 0. The van der Waals surface area contributed by atoms with Gasteiger partial charge < -0.3 is 4.57 Å². The van der Waals surface area contributed by atoms with Gasteiger partial charge in [-0.15, -0.1) is 0 Å². The van der Waals surface area contributed by atoms with E-state index in [4.69, 9.17) is 0 Å². The molecule has 0 amide bonds. The molecule has 0 atom stereocenters. The quantitative estimate of drug-likeness (QED) is 0.596. The molecule has 9 heteroatoms. The minimum atomic E-state index is -3.50. The third kappa shape index (κ3) is 4.91. The monoisotopic (exact) mass is 428 g/mol. The maximum Gasteiger partial charge on any atom is 0.238 e. The lowest BCUT2D eigenvalue weighted by molar-refractivity contribution is 0.169. The van der Waals surface area contributed by atoms with Gasteiger partial charge in [0.15, 0.2) is 0 Å². The van der Waals surface area contributed by atoms with Crippen molar-refractivity contribution in [3.05, 3.63) is 66.4 Å². The number of aromatic nitrogens is 4. The highest BCUT2D eigenvalue weighted by atomic mass is 32.2. The van der Waals surface area contributed by atoms with Crippen LogP contribution >= 0.6 is 0 Å². The van der Waals surface area contributed by atoms with Crippen molar-refractivity contribution in [2.45, 2.75) is 44.6 Å². The predicted octanol–water partition coefficient (Wildman–Crippen LogP) is 2.88. The summed E-state index contributed by atoms with van der Waals surface area (Å²) in [6, 6.07) is 11.1. The lowest BCUT2D eigenvalue weighted by Crippen LogP contribution is -2.35. The highest BCUT2D eigenvalue weighted by molar-refractivity contribution is 7.91. The van der Waals surface area contributed by atoms with Gasteiger partial charge in [-0.25, -0.2) is 18.1 Å². The zero-order chi connectivity index (χ0) is 21.0. The number of nitrogens with one attached hydrogen (secondary N) is 1. The number of sulfonamides is 1. The van der Waals surface area contributed by atoms with E-state index in [9.17, 15) is 8.42 Å². The van der Waals surface area contributed by atoms with Crippen LogP contribution in [-0.4, -0.2) is 45.7 Å². The van der Waals surface area contributed by atoms with E-state index in [1.165, 1.54) is 0 Å². The zero-order valence-electron chi connectivity index (χ0n) is 17.2. The van der Waals surface area contributed by atoms with Crippen LogP contribution in [0.3, 0.4) is 0 Å². The van der Waals surface area contributed by atoms with Gasteiger partial charge in [0.2, 0.25) is 10.0 Å². The molecule has 0 saturated carbocycles. The van der Waals surface area contributed by atoms with Gasteiger partial charge in [0, 0.05) is 38.1 Å². The summed E-state index contributed by atoms with van der Waals surface area (Å²) in [4.78, 5) is 6.86. The van der Waals surface area contributed by atoms with Crippen molar-refractivity contribution in [3.8, 4) is 0 Å². The van der Waals surface area contributed by atoms with Crippen LogP contribution in [0.15, 0.2) is 55.0 Å². The minimum absolute atomic E-state index is 0.0540. The first-order valence-electron chi connectivity index (χ1n) is 10.3. The summed E-state index contributed by atoms with van der Waals surface area (Å²) in [7, 11) is -3.50. The first-order valence-corrected chi connectivity index (χ1v) is 12.0. The summed E-state index contributed by atoms with van der Waals surface area (Å²) < 4.78 is 32.0. The Bertz CT molecular complexity index is 1050. The first kappa shape index (κ1) is 20.6. The Kier molecular flexibility index (Phi) is 6.19. The zero-order valence-corrected chi connectivity index (χ0v) is 18.0. The van der Waals surface area contributed by atoms with E-state index in [1.54, 1.807) is 12.3 Å². The number of hydrogen-bond donors (Lipinski definition) is 1. The van der Waals surface area contributed by atoms with E-state index in [0.717, 1.165) is 50.4 Å². The number of piperidine rings is 1. The average Bonchev–Trinajstić information content (AvgIpc) is 3.38. The fraction of sp³-hybridized carbons (Fsp3) is 0.429. The Morgan fingerprint density at radius 1 is 1.10 bits per heavy atom. The normalized spacial score (nSPS) is 16.0. The number of anilines is 1. The Labute approximate surface area is 177 Å². The van der Waals surface area contributed by atoms with Crippen LogP contribution in [-0.2, 0) is 28.9 Å². The van der Waals surface area contributed by atoms with Gasteiger partial charge in [0.05, 0.1) is 24.5 Å². The number of imidazole rings is 1. The highest BCUT2D eigenvalue weighted by Crippen LogP contribution is 2.26. The van der Waals surface area contributed by atoms with Crippen molar-refractivity contribution in [2.75, 3.05) is 17.8 Å². The molecule has 1 fully saturated rings. The molecule has 2 aromatic heterocycles. The van der Waals surface area contributed by atoms with Gasteiger partial charge in [0.25, 0.3) is 0 Å². The van der Waals surface area contributed by atoms with Gasteiger partial charge in [-0.2, -0.15) is 5.10 Å². The van der Waals surface area contributed by atoms with Crippen molar-refractivity contribution >= 4 is 15.8 Å². The van der Waals surface area contributed by atoms with Gasteiger partial charge in [0.1, 0.15) is 11.6 Å². The third-order valence-electron chi connectivity index (χ3n) is 5.54. The summed E-state index contributed by atoms with van der Waals surface area (Å²) in [5.41, 5.74) is 0.759. The summed E-state index contributed by atoms with van der Waals surface area (Å²) in [5.74, 6) is 1.57. The lowest BCUT2D eigenvalue weighted by Gasteiger charge is -2.32. The maximum absolute atomic E-state index is 12.6. The summed E-state index contributed by atoms with van der Waals surface area (Å²) in [6.07, 6.45) is 7.36. The number of nitrogens with zero attached hydrogens (tertiary/aromatic N) is 5. The molecule has 3 aromatic rings. The second-order valence-corrected chi connectivity index (χ2v) is 9.37. The lowest BCUT2D eigenvalue weighted by atomic mass is 10.1. The van der Waals surface area contributed by atoms with Crippen molar-refractivity contribution in [1.29, 1.82) is 0 Å². The second kappa shape index (κ2) is 9.01. The molecule has 30 heavy (non-hydrogen) atoms. The van der Waals surface area contributed by atoms with E-state index < -0.39 is 10.0 Å². The van der Waals surface area contributed by atoms with E-state index in [0.29, 0.717) is 5.82 Å². The maximum atomic E-state index is 12.6. The van der Waals surface area contributed by atoms with Crippen molar-refractivity contribution in [2.24, 2.45) is 0 Å². The Balaban J connectivity index is 1.37. The van der Waals surface area contributed by atoms with E-state index in [2.05, 4.69) is 31.2 Å². The number of aryl methyl sites for hydroxylation is 1. The Morgan fingerprint density at radius 2 is 1.87 bits per heavy atom. The number of likely N-dealkylation sites (tertiary alicyclic amines) is 1. The van der Waals surface area contributed by atoms with Gasteiger partial charge in [-0.3, -0.25) is 9.62 Å². The molecule has 0 radical (unpaired) electrons. The average molecular weight is 429 g/mol. The summed E-state index contributed by atoms with van der Waals surface area (Å²) in [6.45, 7) is 5.74. The van der Waals surface area contributed by atoms with Crippen molar-refractivity contribution in [3.63, 3.8) is 0 Å². The predicted molar refractivity (Wildman–Crippen MR) is 116 cm³/mol. The molecule has 3 heterocycles. The Hall–Kier alpha value is -2.65. The molecule has 0 bridgehead atoms. The molecule has 0 aliphatic carbocycles. The molecule has 8 nitrogen and oxygen atoms in total. The van der Waals surface area contributed by atoms with Gasteiger partial charge >= 0.3 is 0 Å². The number of benzene rings is 1. The van der Waals surface area contributed by atoms with Crippen LogP contribution in [0.25, 0.3) is 0 Å². The van der Waals surface area contributed by atoms with Gasteiger partial charge in [-0.1, -0.05) is 30.3 Å². The smallest absolute Gasteiger partial charge is 0.238 e. The van der Waals surface area contributed by atoms with E-state index in [-0.39, 0.29) is 11.8 Å². The van der Waals surface area contributed by atoms with Gasteiger partial charge in [-0.05, 0) is 25.3 Å². The fourth-order valence-corrected chi connectivity index (χ4v) is 5.16. The molecule has 1 N–H and O–H groups in total. The first-order chi connectivity index (χ1) is 14.5. The van der Waals surface area contributed by atoms with Crippen molar-refractivity contribution in [1.82, 2.24) is 24.2 Å². The molecule has 4 rings (SSSR count). The van der Waals surface area contributed by atoms with Crippen molar-refractivity contribution < 1.29 is 8.42 Å². The number of hydrogen-bond acceptors (Lipinski definition) is 5. The molecule has 1 aliphatic heterocycles. The molecule has 0 spiro atoms. The topological polar surface area (TPSA) is 85.1 Å². The van der Waals surface area contributed by atoms with Crippen LogP contribution in [0.5, 0.6) is 0 Å². The SMILES string of the molecule is CCn1ccnc1CN1CCC(n2nccc2NS(=O)(=O)Cc2ccccc2)CC1. The van der Waals surface area contributed by atoms with E-state index >= 15 is 0 Å². The largest absolute Gasteiger partial charge is 0.334 e. The number of rotatable bonds is 8. The fourth-order valence-electron chi connectivity index (χ4n) is 3.98. The standard InChI is InChI=1S/C21H28N6O2S/c1-2-26-15-12-22-21(26)16-25-13-9-19(10-14-25)27-20(8-11-23-27)24-30(28,29)17-18-6-4-3-5-7-18/h3-8,11-12,15,19,24H,2,9-10,13-14,16-17H2,1H3. The molecule has 1 aliphatic rings. The molecular formula is C21H28N6O2S.